The van der Waals surface area contributed by atoms with Crippen LogP contribution in [-0.4, -0.2) is 47.9 Å². The maximum Gasteiger partial charge on any atom is 0.321 e. The molecule has 1 saturated heterocycles. The zero-order valence-electron chi connectivity index (χ0n) is 19.1. The fourth-order valence-corrected chi connectivity index (χ4v) is 4.20. The molecule has 6 heteroatoms. The number of nitrogens with zero attached hydrogens (tertiary/aromatic N) is 2. The number of nitrogens with one attached hydrogen (secondary N) is 1. The molecule has 2 aromatic carbocycles. The molecule has 0 aliphatic carbocycles. The van der Waals surface area contributed by atoms with E-state index < -0.39 is 5.82 Å². The molecule has 0 spiro atoms. The van der Waals surface area contributed by atoms with Crippen molar-refractivity contribution < 1.29 is 14.0 Å². The zero-order valence-corrected chi connectivity index (χ0v) is 19.1. The number of para-hydroxylation sites is 1. The third-order valence-corrected chi connectivity index (χ3v) is 5.92. The van der Waals surface area contributed by atoms with Gasteiger partial charge in [-0.15, -0.1) is 0 Å². The van der Waals surface area contributed by atoms with Crippen LogP contribution in [0.3, 0.4) is 0 Å². The van der Waals surface area contributed by atoms with E-state index in [4.69, 9.17) is 0 Å². The number of benzene rings is 2. The molecule has 0 atom stereocenters. The van der Waals surface area contributed by atoms with Gasteiger partial charge in [-0.2, -0.15) is 0 Å². The third kappa shape index (κ3) is 7.08. The zero-order chi connectivity index (χ0) is 22.9. The van der Waals surface area contributed by atoms with Crippen molar-refractivity contribution in [2.45, 2.75) is 39.5 Å². The molecular weight excluding hydrogens is 405 g/mol. The van der Waals surface area contributed by atoms with Gasteiger partial charge >= 0.3 is 6.03 Å². The van der Waals surface area contributed by atoms with Crippen molar-refractivity contribution in [3.8, 4) is 0 Å². The first-order valence-corrected chi connectivity index (χ1v) is 11.5. The van der Waals surface area contributed by atoms with Crippen LogP contribution in [0.25, 0.3) is 0 Å². The number of urea groups is 1. The van der Waals surface area contributed by atoms with Crippen molar-refractivity contribution >= 4 is 17.6 Å². The lowest BCUT2D eigenvalue weighted by Crippen LogP contribution is -2.43. The van der Waals surface area contributed by atoms with Crippen LogP contribution in [-0.2, 0) is 11.2 Å². The van der Waals surface area contributed by atoms with Gasteiger partial charge in [0.15, 0.2) is 0 Å². The number of anilines is 1. The summed E-state index contributed by atoms with van der Waals surface area (Å²) in [6, 6.07) is 16.2. The van der Waals surface area contributed by atoms with E-state index in [1.165, 1.54) is 17.7 Å². The van der Waals surface area contributed by atoms with E-state index in [9.17, 15) is 14.0 Å². The molecule has 0 unspecified atom stereocenters. The van der Waals surface area contributed by atoms with Gasteiger partial charge in [-0.3, -0.25) is 4.79 Å². The Labute approximate surface area is 190 Å². The van der Waals surface area contributed by atoms with Gasteiger partial charge in [0.05, 0.1) is 5.69 Å². The predicted molar refractivity (Wildman–Crippen MR) is 126 cm³/mol. The lowest BCUT2D eigenvalue weighted by molar-refractivity contribution is -0.132. The minimum absolute atomic E-state index is 0.0793. The van der Waals surface area contributed by atoms with Crippen molar-refractivity contribution in [3.63, 3.8) is 0 Å². The molecule has 1 N–H and O–H groups in total. The number of rotatable bonds is 8. The summed E-state index contributed by atoms with van der Waals surface area (Å²) in [5.41, 5.74) is 1.50. The number of piperidine rings is 1. The molecule has 1 aliphatic rings. The van der Waals surface area contributed by atoms with Gasteiger partial charge in [-0.25, -0.2) is 9.18 Å². The van der Waals surface area contributed by atoms with Crippen LogP contribution < -0.4 is 5.32 Å². The summed E-state index contributed by atoms with van der Waals surface area (Å²) < 4.78 is 13.9. The number of amides is 3. The molecule has 1 aliphatic heterocycles. The number of carbonyl (C=O) groups is 2. The molecule has 0 saturated carbocycles. The Balaban J connectivity index is 1.48. The van der Waals surface area contributed by atoms with E-state index in [1.54, 1.807) is 17.0 Å². The third-order valence-electron chi connectivity index (χ3n) is 5.92. The summed E-state index contributed by atoms with van der Waals surface area (Å²) in [5, 5.41) is 2.63. The SMILES string of the molecule is CC(C)CN(CCC(=O)N1CCC(Cc2ccccc2)CC1)C(=O)Nc1ccccc1F. The van der Waals surface area contributed by atoms with Crippen molar-refractivity contribution in [3.05, 3.63) is 66.0 Å². The van der Waals surface area contributed by atoms with E-state index in [0.717, 1.165) is 32.4 Å². The molecule has 0 aromatic heterocycles. The topological polar surface area (TPSA) is 52.7 Å². The van der Waals surface area contributed by atoms with Crippen LogP contribution in [0.1, 0.15) is 38.7 Å². The van der Waals surface area contributed by atoms with Gasteiger partial charge in [0.1, 0.15) is 5.82 Å². The Morgan fingerprint density at radius 3 is 2.38 bits per heavy atom. The second-order valence-electron chi connectivity index (χ2n) is 9.01. The first kappa shape index (κ1) is 23.8. The molecular formula is C26H34FN3O2. The Bertz CT molecular complexity index is 880. The first-order chi connectivity index (χ1) is 15.4. The average Bonchev–Trinajstić information content (AvgIpc) is 2.79. The van der Waals surface area contributed by atoms with Gasteiger partial charge in [0.2, 0.25) is 5.91 Å². The molecule has 172 valence electrons. The summed E-state index contributed by atoms with van der Waals surface area (Å²) in [5.74, 6) is 0.450. The Morgan fingerprint density at radius 1 is 1.06 bits per heavy atom. The van der Waals surface area contributed by atoms with Gasteiger partial charge in [0.25, 0.3) is 0 Å². The van der Waals surface area contributed by atoms with Gasteiger partial charge < -0.3 is 15.1 Å². The number of hydrogen-bond donors (Lipinski definition) is 1. The van der Waals surface area contributed by atoms with E-state index in [1.807, 2.05) is 24.8 Å². The summed E-state index contributed by atoms with van der Waals surface area (Å²) in [6.45, 7) is 6.39. The lowest BCUT2D eigenvalue weighted by atomic mass is 9.90. The molecule has 2 aromatic rings. The van der Waals surface area contributed by atoms with E-state index in [0.29, 0.717) is 19.0 Å². The highest BCUT2D eigenvalue weighted by atomic mass is 19.1. The Hall–Kier alpha value is -2.89. The second-order valence-corrected chi connectivity index (χ2v) is 9.01. The quantitative estimate of drug-likeness (QED) is 0.616. The predicted octanol–water partition coefficient (Wildman–Crippen LogP) is 5.19. The highest BCUT2D eigenvalue weighted by Gasteiger charge is 2.24. The van der Waals surface area contributed by atoms with Crippen molar-refractivity contribution in [1.29, 1.82) is 0 Å². The highest BCUT2D eigenvalue weighted by Crippen LogP contribution is 2.22. The Kier molecular flexibility index (Phi) is 8.65. The highest BCUT2D eigenvalue weighted by molar-refractivity contribution is 5.89. The number of carbonyl (C=O) groups excluding carboxylic acids is 2. The summed E-state index contributed by atoms with van der Waals surface area (Å²) in [4.78, 5) is 29.1. The average molecular weight is 440 g/mol. The van der Waals surface area contributed by atoms with E-state index in [2.05, 4.69) is 29.6 Å². The summed E-state index contributed by atoms with van der Waals surface area (Å²) in [7, 11) is 0. The molecule has 5 nitrogen and oxygen atoms in total. The smallest absolute Gasteiger partial charge is 0.321 e. The minimum Gasteiger partial charge on any atom is -0.343 e. The fourth-order valence-electron chi connectivity index (χ4n) is 4.20. The van der Waals surface area contributed by atoms with Gasteiger partial charge in [-0.05, 0) is 48.8 Å². The normalized spacial score (nSPS) is 14.4. The maximum atomic E-state index is 13.9. The van der Waals surface area contributed by atoms with Crippen LogP contribution in [0, 0.1) is 17.7 Å². The molecule has 0 radical (unpaired) electrons. The second kappa shape index (κ2) is 11.7. The summed E-state index contributed by atoms with van der Waals surface area (Å²) in [6.07, 6.45) is 3.34. The van der Waals surface area contributed by atoms with E-state index >= 15 is 0 Å². The number of halogens is 1. The number of likely N-dealkylation sites (tertiary alicyclic amines) is 1. The Morgan fingerprint density at radius 2 is 1.72 bits per heavy atom. The van der Waals surface area contributed by atoms with E-state index in [-0.39, 0.29) is 30.0 Å². The van der Waals surface area contributed by atoms with Crippen LogP contribution in [0.5, 0.6) is 0 Å². The largest absolute Gasteiger partial charge is 0.343 e. The molecule has 1 heterocycles. The van der Waals surface area contributed by atoms with Gasteiger partial charge in [0, 0.05) is 32.6 Å². The van der Waals surface area contributed by atoms with Crippen LogP contribution in [0.2, 0.25) is 0 Å². The van der Waals surface area contributed by atoms with Crippen LogP contribution in [0.4, 0.5) is 14.9 Å². The number of hydrogen-bond acceptors (Lipinski definition) is 2. The first-order valence-electron chi connectivity index (χ1n) is 11.5. The van der Waals surface area contributed by atoms with Crippen molar-refractivity contribution in [2.75, 3.05) is 31.5 Å². The molecule has 0 bridgehead atoms. The van der Waals surface area contributed by atoms with Crippen molar-refractivity contribution in [2.24, 2.45) is 11.8 Å². The van der Waals surface area contributed by atoms with Crippen molar-refractivity contribution in [1.82, 2.24) is 9.80 Å². The van der Waals surface area contributed by atoms with Crippen LogP contribution in [0.15, 0.2) is 54.6 Å². The van der Waals surface area contributed by atoms with Gasteiger partial charge in [-0.1, -0.05) is 56.3 Å². The maximum absolute atomic E-state index is 13.9. The fraction of sp³-hybridized carbons (Fsp3) is 0.462. The van der Waals surface area contributed by atoms with Crippen LogP contribution >= 0.6 is 0 Å². The monoisotopic (exact) mass is 439 g/mol. The molecule has 3 amide bonds. The lowest BCUT2D eigenvalue weighted by Gasteiger charge is -2.33. The molecule has 3 rings (SSSR count). The molecule has 32 heavy (non-hydrogen) atoms. The minimum atomic E-state index is -0.472. The standard InChI is InChI=1S/C26H34FN3O2/c1-20(2)19-30(26(32)28-24-11-7-6-10-23(24)27)17-14-25(31)29-15-12-22(13-16-29)18-21-8-4-3-5-9-21/h3-11,20,22H,12-19H2,1-2H3,(H,28,32). The summed E-state index contributed by atoms with van der Waals surface area (Å²) >= 11 is 0. The molecule has 1 fully saturated rings.